The molecule has 7 heteroatoms. The molecule has 0 spiro atoms. The SMILES string of the molecule is CC[C@@H](C)NC(=O)CSCc1nc2scc(-c3ccc(C)cc3)c2c(=O)[nH]1. The Morgan fingerprint density at radius 3 is 2.78 bits per heavy atom. The molecule has 0 aliphatic rings. The second kappa shape index (κ2) is 8.71. The van der Waals surface area contributed by atoms with Gasteiger partial charge in [-0.15, -0.1) is 23.1 Å². The van der Waals surface area contributed by atoms with Gasteiger partial charge in [-0.05, 0) is 25.8 Å². The summed E-state index contributed by atoms with van der Waals surface area (Å²) in [5.41, 5.74) is 2.98. The first-order chi connectivity index (χ1) is 13.0. The lowest BCUT2D eigenvalue weighted by atomic mass is 10.1. The number of carbonyl (C=O) groups is 1. The number of rotatable bonds is 7. The van der Waals surface area contributed by atoms with Gasteiger partial charge in [0.05, 0.1) is 16.9 Å². The lowest BCUT2D eigenvalue weighted by Crippen LogP contribution is -2.33. The highest BCUT2D eigenvalue weighted by molar-refractivity contribution is 7.99. The molecule has 2 heterocycles. The number of carbonyl (C=O) groups excluding carboxylic acids is 1. The van der Waals surface area contributed by atoms with Crippen molar-refractivity contribution < 1.29 is 4.79 Å². The molecular formula is C20H23N3O2S2. The topological polar surface area (TPSA) is 74.8 Å². The van der Waals surface area contributed by atoms with Gasteiger partial charge in [0.2, 0.25) is 5.91 Å². The van der Waals surface area contributed by atoms with Crippen molar-refractivity contribution in [2.75, 3.05) is 5.75 Å². The lowest BCUT2D eigenvalue weighted by Gasteiger charge is -2.10. The number of benzene rings is 1. The highest BCUT2D eigenvalue weighted by Crippen LogP contribution is 2.31. The maximum atomic E-state index is 12.6. The van der Waals surface area contributed by atoms with Gasteiger partial charge in [-0.1, -0.05) is 36.8 Å². The van der Waals surface area contributed by atoms with Gasteiger partial charge >= 0.3 is 0 Å². The van der Waals surface area contributed by atoms with E-state index < -0.39 is 0 Å². The van der Waals surface area contributed by atoms with Crippen LogP contribution in [-0.2, 0) is 10.5 Å². The summed E-state index contributed by atoms with van der Waals surface area (Å²) in [6.07, 6.45) is 0.906. The Hall–Kier alpha value is -2.12. The van der Waals surface area contributed by atoms with Gasteiger partial charge < -0.3 is 10.3 Å². The number of H-pyrrole nitrogens is 1. The molecule has 2 N–H and O–H groups in total. The molecule has 3 rings (SSSR count). The molecule has 0 saturated heterocycles. The standard InChI is InChI=1S/C20H23N3O2S2/c1-4-13(3)21-17(24)11-26-10-16-22-19(25)18-15(9-27-20(18)23-16)14-7-5-12(2)6-8-14/h5-9,13H,4,10-11H2,1-3H3,(H,21,24)(H,22,23,25)/t13-/m1/s1. The summed E-state index contributed by atoms with van der Waals surface area (Å²) >= 11 is 2.92. The van der Waals surface area contributed by atoms with Crippen molar-refractivity contribution in [3.8, 4) is 11.1 Å². The van der Waals surface area contributed by atoms with E-state index in [9.17, 15) is 9.59 Å². The van der Waals surface area contributed by atoms with E-state index in [2.05, 4.69) is 15.3 Å². The molecular weight excluding hydrogens is 378 g/mol. The minimum Gasteiger partial charge on any atom is -0.353 e. The summed E-state index contributed by atoms with van der Waals surface area (Å²) in [5.74, 6) is 1.46. The van der Waals surface area contributed by atoms with Gasteiger partial charge in [0.1, 0.15) is 10.7 Å². The van der Waals surface area contributed by atoms with Crippen LogP contribution in [-0.4, -0.2) is 27.7 Å². The number of amides is 1. The van der Waals surface area contributed by atoms with E-state index in [1.807, 2.05) is 50.4 Å². The lowest BCUT2D eigenvalue weighted by molar-refractivity contribution is -0.119. The fraction of sp³-hybridized carbons (Fsp3) is 0.350. The zero-order valence-electron chi connectivity index (χ0n) is 15.7. The predicted octanol–water partition coefficient (Wildman–Crippen LogP) is 4.11. The van der Waals surface area contributed by atoms with Gasteiger partial charge in [-0.25, -0.2) is 4.98 Å². The molecule has 142 valence electrons. The van der Waals surface area contributed by atoms with Gasteiger partial charge in [0, 0.05) is 17.0 Å². The fourth-order valence-electron chi connectivity index (χ4n) is 2.67. The van der Waals surface area contributed by atoms with Crippen LogP contribution in [0.2, 0.25) is 0 Å². The van der Waals surface area contributed by atoms with Crippen molar-refractivity contribution in [1.29, 1.82) is 0 Å². The molecule has 0 radical (unpaired) electrons. The number of nitrogens with one attached hydrogen (secondary N) is 2. The number of hydrogen-bond donors (Lipinski definition) is 2. The molecule has 1 atom stereocenters. The molecule has 27 heavy (non-hydrogen) atoms. The van der Waals surface area contributed by atoms with E-state index in [4.69, 9.17) is 0 Å². The highest BCUT2D eigenvalue weighted by atomic mass is 32.2. The van der Waals surface area contributed by atoms with Crippen molar-refractivity contribution in [1.82, 2.24) is 15.3 Å². The summed E-state index contributed by atoms with van der Waals surface area (Å²) in [6.45, 7) is 6.06. The fourth-order valence-corrected chi connectivity index (χ4v) is 4.33. The third kappa shape index (κ3) is 4.78. The molecule has 5 nitrogen and oxygen atoms in total. The number of thiophene rings is 1. The summed E-state index contributed by atoms with van der Waals surface area (Å²) in [6, 6.07) is 8.30. The Morgan fingerprint density at radius 2 is 2.07 bits per heavy atom. The van der Waals surface area contributed by atoms with Crippen LogP contribution in [0.5, 0.6) is 0 Å². The van der Waals surface area contributed by atoms with Crippen LogP contribution in [0.1, 0.15) is 31.7 Å². The quantitative estimate of drug-likeness (QED) is 0.625. The molecule has 1 amide bonds. The van der Waals surface area contributed by atoms with E-state index in [1.54, 1.807) is 0 Å². The van der Waals surface area contributed by atoms with Crippen molar-refractivity contribution >= 4 is 39.2 Å². The monoisotopic (exact) mass is 401 g/mol. The van der Waals surface area contributed by atoms with Crippen LogP contribution in [0.4, 0.5) is 0 Å². The van der Waals surface area contributed by atoms with Crippen molar-refractivity contribution in [3.05, 3.63) is 51.4 Å². The Labute approximate surface area is 166 Å². The summed E-state index contributed by atoms with van der Waals surface area (Å²) in [5, 5.41) is 5.54. The molecule has 0 unspecified atom stereocenters. The van der Waals surface area contributed by atoms with Crippen LogP contribution >= 0.6 is 23.1 Å². The average molecular weight is 402 g/mol. The van der Waals surface area contributed by atoms with Crippen LogP contribution in [0.3, 0.4) is 0 Å². The molecule has 3 aromatic rings. The number of thioether (sulfide) groups is 1. The van der Waals surface area contributed by atoms with Gasteiger partial charge in [-0.2, -0.15) is 0 Å². The van der Waals surface area contributed by atoms with Crippen LogP contribution < -0.4 is 10.9 Å². The number of fused-ring (bicyclic) bond motifs is 1. The van der Waals surface area contributed by atoms with Gasteiger partial charge in [-0.3, -0.25) is 9.59 Å². The Kier molecular flexibility index (Phi) is 6.34. The van der Waals surface area contributed by atoms with Crippen molar-refractivity contribution in [3.63, 3.8) is 0 Å². The number of nitrogens with zero attached hydrogens (tertiary/aromatic N) is 1. The normalized spacial score (nSPS) is 12.3. The van der Waals surface area contributed by atoms with Crippen molar-refractivity contribution in [2.45, 2.75) is 39.0 Å². The number of aromatic amines is 1. The first-order valence-electron chi connectivity index (χ1n) is 8.92. The summed E-state index contributed by atoms with van der Waals surface area (Å²) in [7, 11) is 0. The number of hydrogen-bond acceptors (Lipinski definition) is 5. The zero-order chi connectivity index (χ0) is 19.4. The first-order valence-corrected chi connectivity index (χ1v) is 11.0. The Balaban J connectivity index is 1.73. The maximum absolute atomic E-state index is 12.6. The van der Waals surface area contributed by atoms with E-state index in [1.165, 1.54) is 28.7 Å². The smallest absolute Gasteiger partial charge is 0.260 e. The van der Waals surface area contributed by atoms with Crippen LogP contribution in [0.15, 0.2) is 34.4 Å². The largest absolute Gasteiger partial charge is 0.353 e. The minimum atomic E-state index is -0.128. The summed E-state index contributed by atoms with van der Waals surface area (Å²) < 4.78 is 0. The van der Waals surface area contributed by atoms with E-state index >= 15 is 0 Å². The number of aryl methyl sites for hydroxylation is 1. The zero-order valence-corrected chi connectivity index (χ0v) is 17.3. The van der Waals surface area contributed by atoms with Gasteiger partial charge in [0.15, 0.2) is 0 Å². The molecule has 0 fully saturated rings. The van der Waals surface area contributed by atoms with Crippen LogP contribution in [0.25, 0.3) is 21.3 Å². The van der Waals surface area contributed by atoms with Crippen molar-refractivity contribution in [2.24, 2.45) is 0 Å². The highest BCUT2D eigenvalue weighted by Gasteiger charge is 2.13. The number of aromatic nitrogens is 2. The minimum absolute atomic E-state index is 0.00977. The van der Waals surface area contributed by atoms with Gasteiger partial charge in [0.25, 0.3) is 5.56 Å². The molecule has 2 aromatic heterocycles. The average Bonchev–Trinajstić information content (AvgIpc) is 3.06. The first kappa shape index (κ1) is 19.6. The Bertz CT molecular complexity index is 993. The predicted molar refractivity (Wildman–Crippen MR) is 114 cm³/mol. The van der Waals surface area contributed by atoms with Crippen LogP contribution in [0, 0.1) is 6.92 Å². The maximum Gasteiger partial charge on any atom is 0.260 e. The molecule has 0 saturated carbocycles. The molecule has 0 bridgehead atoms. The second-order valence-corrected chi connectivity index (χ2v) is 8.42. The third-order valence-corrected chi connectivity index (χ3v) is 6.16. The second-order valence-electron chi connectivity index (χ2n) is 6.58. The molecule has 0 aliphatic carbocycles. The summed E-state index contributed by atoms with van der Waals surface area (Å²) in [4.78, 5) is 32.7. The van der Waals surface area contributed by atoms with E-state index in [0.717, 1.165) is 22.4 Å². The van der Waals surface area contributed by atoms with E-state index in [0.29, 0.717) is 22.7 Å². The van der Waals surface area contributed by atoms with E-state index in [-0.39, 0.29) is 17.5 Å². The Morgan fingerprint density at radius 1 is 1.33 bits per heavy atom. The molecule has 0 aliphatic heterocycles. The molecule has 1 aromatic carbocycles. The third-order valence-electron chi connectivity index (χ3n) is 4.35.